The van der Waals surface area contributed by atoms with Crippen LogP contribution in [0.5, 0.6) is 0 Å². The maximum atomic E-state index is 14.5. The number of carbonyl (C=O) groups is 1. The number of hydrogen-bond acceptors (Lipinski definition) is 3. The van der Waals surface area contributed by atoms with Crippen molar-refractivity contribution in [3.63, 3.8) is 0 Å². The lowest BCUT2D eigenvalue weighted by Gasteiger charge is -2.17. The van der Waals surface area contributed by atoms with E-state index in [1.807, 2.05) is 24.3 Å². The Labute approximate surface area is 171 Å². The minimum atomic E-state index is -0.712. The first-order chi connectivity index (χ1) is 14.5. The van der Waals surface area contributed by atoms with Gasteiger partial charge in [0.15, 0.2) is 11.5 Å². The van der Waals surface area contributed by atoms with Crippen LogP contribution in [0.4, 0.5) is 8.78 Å². The lowest BCUT2D eigenvalue weighted by molar-refractivity contribution is 0.0852. The van der Waals surface area contributed by atoms with Gasteiger partial charge in [-0.3, -0.25) is 4.79 Å². The fourth-order valence-electron chi connectivity index (χ4n) is 5.09. The molecule has 2 aromatic carbocycles. The third-order valence-corrected chi connectivity index (χ3v) is 6.61. The molecule has 0 bridgehead atoms. The summed E-state index contributed by atoms with van der Waals surface area (Å²) in [6.07, 6.45) is 1.51. The number of aromatic nitrogens is 2. The van der Waals surface area contributed by atoms with Gasteiger partial charge in [0.2, 0.25) is 0 Å². The van der Waals surface area contributed by atoms with Crippen molar-refractivity contribution in [2.75, 3.05) is 0 Å². The molecule has 2 N–H and O–H groups in total. The number of amides is 1. The molecule has 152 valence electrons. The minimum absolute atomic E-state index is 0.144. The van der Waals surface area contributed by atoms with Gasteiger partial charge in [-0.05, 0) is 42.0 Å². The molecule has 6 rings (SSSR count). The van der Waals surface area contributed by atoms with Gasteiger partial charge in [-0.2, -0.15) is 5.10 Å². The van der Waals surface area contributed by atoms with Gasteiger partial charge in [0, 0.05) is 24.0 Å². The second-order valence-electron chi connectivity index (χ2n) is 8.45. The number of rotatable bonds is 3. The Kier molecular flexibility index (Phi) is 3.68. The summed E-state index contributed by atoms with van der Waals surface area (Å²) in [6.45, 7) is 0. The van der Waals surface area contributed by atoms with Crippen LogP contribution in [0.2, 0.25) is 0 Å². The normalized spacial score (nSPS) is 25.6. The highest BCUT2D eigenvalue weighted by atomic mass is 19.1. The number of aliphatic hydroxyl groups excluding tert-OH is 1. The first-order valence-corrected chi connectivity index (χ1v) is 10.1. The zero-order valence-corrected chi connectivity index (χ0v) is 16.0. The van der Waals surface area contributed by atoms with Crippen molar-refractivity contribution in [2.24, 2.45) is 5.92 Å². The van der Waals surface area contributed by atoms with Crippen LogP contribution in [0.3, 0.4) is 0 Å². The Bertz CT molecular complexity index is 1210. The summed E-state index contributed by atoms with van der Waals surface area (Å²) in [5, 5.41) is 17.9. The van der Waals surface area contributed by atoms with Crippen LogP contribution in [0.1, 0.15) is 51.3 Å². The quantitative estimate of drug-likeness (QED) is 0.701. The summed E-state index contributed by atoms with van der Waals surface area (Å²) in [4.78, 5) is 13.2. The van der Waals surface area contributed by atoms with Gasteiger partial charge in [-0.15, -0.1) is 0 Å². The number of aliphatic hydroxyl groups is 1. The van der Waals surface area contributed by atoms with Crippen LogP contribution in [0, 0.1) is 17.6 Å². The molecule has 0 spiro atoms. The molecule has 1 fully saturated rings. The zero-order valence-electron chi connectivity index (χ0n) is 16.0. The highest BCUT2D eigenvalue weighted by molar-refractivity contribution is 5.95. The van der Waals surface area contributed by atoms with Crippen molar-refractivity contribution in [3.8, 4) is 5.69 Å². The molecule has 0 radical (unpaired) electrons. The number of halogens is 2. The third-order valence-electron chi connectivity index (χ3n) is 6.61. The van der Waals surface area contributed by atoms with Crippen molar-refractivity contribution in [2.45, 2.75) is 37.3 Å². The van der Waals surface area contributed by atoms with Gasteiger partial charge in [-0.1, -0.05) is 24.3 Å². The zero-order chi connectivity index (χ0) is 20.6. The molecule has 0 aliphatic heterocycles. The third kappa shape index (κ3) is 2.55. The molecule has 3 aromatic rings. The SMILES string of the molecule is O=C(N[C@@H]1c2ccccc2C[C@@H]1O)c1nn(-c2ccc(F)cc2F)c2c1C[C@@H]1C[C@H]21. The molecule has 0 unspecified atom stereocenters. The van der Waals surface area contributed by atoms with E-state index in [4.69, 9.17) is 0 Å². The summed E-state index contributed by atoms with van der Waals surface area (Å²) < 4.78 is 29.3. The van der Waals surface area contributed by atoms with E-state index in [1.54, 1.807) is 0 Å². The van der Waals surface area contributed by atoms with Gasteiger partial charge in [0.05, 0.1) is 17.8 Å². The van der Waals surface area contributed by atoms with Crippen LogP contribution in [0.15, 0.2) is 42.5 Å². The van der Waals surface area contributed by atoms with Gasteiger partial charge in [0.1, 0.15) is 11.5 Å². The fourth-order valence-corrected chi connectivity index (χ4v) is 5.09. The molecular formula is C23H19F2N3O2. The molecule has 30 heavy (non-hydrogen) atoms. The maximum absolute atomic E-state index is 14.5. The van der Waals surface area contributed by atoms with Crippen LogP contribution >= 0.6 is 0 Å². The molecule has 1 saturated carbocycles. The van der Waals surface area contributed by atoms with E-state index in [9.17, 15) is 18.7 Å². The monoisotopic (exact) mass is 407 g/mol. The number of benzene rings is 2. The van der Waals surface area contributed by atoms with Crippen LogP contribution in [-0.4, -0.2) is 26.9 Å². The Balaban J connectivity index is 1.38. The van der Waals surface area contributed by atoms with E-state index in [2.05, 4.69) is 10.4 Å². The predicted molar refractivity (Wildman–Crippen MR) is 104 cm³/mol. The van der Waals surface area contributed by atoms with Crippen molar-refractivity contribution in [1.82, 2.24) is 15.1 Å². The standard InChI is InChI=1S/C23H19F2N3O2/c24-13-5-6-18(17(25)10-13)28-22-15-7-12(15)8-16(22)21(27-28)23(30)26-20-14-4-2-1-3-11(14)9-19(20)29/h1-6,10,12,15,19-20,29H,7-9H2,(H,26,30)/t12-,15-,19-,20+/m0/s1. The second-order valence-corrected chi connectivity index (χ2v) is 8.45. The van der Waals surface area contributed by atoms with E-state index in [0.717, 1.165) is 41.3 Å². The molecule has 0 saturated heterocycles. The molecule has 4 atom stereocenters. The van der Waals surface area contributed by atoms with Gasteiger partial charge < -0.3 is 10.4 Å². The maximum Gasteiger partial charge on any atom is 0.272 e. The van der Waals surface area contributed by atoms with Crippen molar-refractivity contribution >= 4 is 5.91 Å². The number of nitrogens with one attached hydrogen (secondary N) is 1. The Morgan fingerprint density at radius 2 is 2.00 bits per heavy atom. The predicted octanol–water partition coefficient (Wildman–Crippen LogP) is 3.20. The summed E-state index contributed by atoms with van der Waals surface area (Å²) >= 11 is 0. The Morgan fingerprint density at radius 3 is 2.83 bits per heavy atom. The van der Waals surface area contributed by atoms with Crippen LogP contribution in [-0.2, 0) is 12.8 Å². The summed E-state index contributed by atoms with van der Waals surface area (Å²) in [5.41, 5.74) is 4.01. The van der Waals surface area contributed by atoms with Crippen molar-refractivity contribution in [3.05, 3.63) is 82.2 Å². The van der Waals surface area contributed by atoms with Gasteiger partial charge in [0.25, 0.3) is 5.91 Å². The average molecular weight is 407 g/mol. The lowest BCUT2D eigenvalue weighted by Crippen LogP contribution is -2.34. The number of nitrogens with zero attached hydrogens (tertiary/aromatic N) is 2. The lowest BCUT2D eigenvalue weighted by atomic mass is 10.1. The number of hydrogen-bond donors (Lipinski definition) is 2. The molecule has 7 heteroatoms. The Morgan fingerprint density at radius 1 is 1.17 bits per heavy atom. The average Bonchev–Trinajstić information content (AvgIpc) is 3.07. The topological polar surface area (TPSA) is 67.2 Å². The number of carbonyl (C=O) groups excluding carboxylic acids is 1. The molecule has 1 aromatic heterocycles. The van der Waals surface area contributed by atoms with Gasteiger partial charge >= 0.3 is 0 Å². The van der Waals surface area contributed by atoms with E-state index >= 15 is 0 Å². The highest BCUT2D eigenvalue weighted by Crippen LogP contribution is 2.57. The first-order valence-electron chi connectivity index (χ1n) is 10.1. The fraction of sp³-hybridized carbons (Fsp3) is 0.304. The summed E-state index contributed by atoms with van der Waals surface area (Å²) in [5.74, 6) is -1.03. The van der Waals surface area contributed by atoms with Crippen LogP contribution < -0.4 is 5.32 Å². The smallest absolute Gasteiger partial charge is 0.272 e. The molecule has 3 aliphatic rings. The van der Waals surface area contributed by atoms with E-state index in [0.29, 0.717) is 12.3 Å². The highest BCUT2D eigenvalue weighted by Gasteiger charge is 2.50. The first kappa shape index (κ1) is 17.8. The number of fused-ring (bicyclic) bond motifs is 4. The van der Waals surface area contributed by atoms with Gasteiger partial charge in [-0.25, -0.2) is 13.5 Å². The summed E-state index contributed by atoms with van der Waals surface area (Å²) in [7, 11) is 0. The van der Waals surface area contributed by atoms with Crippen molar-refractivity contribution in [1.29, 1.82) is 0 Å². The minimum Gasteiger partial charge on any atom is -0.390 e. The van der Waals surface area contributed by atoms with E-state index < -0.39 is 23.8 Å². The van der Waals surface area contributed by atoms with E-state index in [1.165, 1.54) is 16.8 Å². The summed E-state index contributed by atoms with van der Waals surface area (Å²) in [6, 6.07) is 10.5. The largest absolute Gasteiger partial charge is 0.390 e. The Hall–Kier alpha value is -3.06. The molecule has 1 heterocycles. The van der Waals surface area contributed by atoms with Crippen LogP contribution in [0.25, 0.3) is 5.69 Å². The molecule has 3 aliphatic carbocycles. The molecule has 5 nitrogen and oxygen atoms in total. The van der Waals surface area contributed by atoms with E-state index in [-0.39, 0.29) is 23.2 Å². The molecule has 1 amide bonds. The molecular weight excluding hydrogens is 388 g/mol. The van der Waals surface area contributed by atoms with Crippen molar-refractivity contribution < 1.29 is 18.7 Å². The second kappa shape index (κ2) is 6.22.